The highest BCUT2D eigenvalue weighted by Crippen LogP contribution is 2.31. The Kier molecular flexibility index (Phi) is 3.73. The first-order chi connectivity index (χ1) is 8.61. The predicted octanol–water partition coefficient (Wildman–Crippen LogP) is 2.44. The first kappa shape index (κ1) is 12.7. The molecule has 0 saturated heterocycles. The summed E-state index contributed by atoms with van der Waals surface area (Å²) in [5.41, 5.74) is 0.665. The number of rotatable bonds is 3. The highest BCUT2D eigenvalue weighted by atomic mass is 16.3. The topological polar surface area (TPSA) is 76.3 Å². The van der Waals surface area contributed by atoms with Gasteiger partial charge in [-0.05, 0) is 38.0 Å². The molecule has 4 nitrogen and oxygen atoms in total. The van der Waals surface area contributed by atoms with Crippen molar-refractivity contribution in [2.75, 3.05) is 0 Å². The molecule has 4 heteroatoms. The Hall–Kier alpha value is -1.73. The molecule has 18 heavy (non-hydrogen) atoms. The van der Waals surface area contributed by atoms with Crippen LogP contribution in [0.2, 0.25) is 0 Å². The van der Waals surface area contributed by atoms with Crippen LogP contribution in [0.5, 0.6) is 11.5 Å². The molecule has 3 atom stereocenters. The van der Waals surface area contributed by atoms with Gasteiger partial charge in [0.05, 0.1) is 12.0 Å². The van der Waals surface area contributed by atoms with E-state index in [4.69, 9.17) is 5.26 Å². The van der Waals surface area contributed by atoms with Gasteiger partial charge in [0, 0.05) is 17.6 Å². The maximum absolute atomic E-state index is 9.79. The van der Waals surface area contributed by atoms with Crippen molar-refractivity contribution < 1.29 is 10.2 Å². The number of benzene rings is 1. The number of hydrogen-bond donors (Lipinski definition) is 3. The van der Waals surface area contributed by atoms with Crippen LogP contribution in [0.4, 0.5) is 0 Å². The number of phenolic OH excluding ortho intramolecular Hbond substituents is 2. The lowest BCUT2D eigenvalue weighted by Gasteiger charge is -2.22. The van der Waals surface area contributed by atoms with Crippen LogP contribution in [0.1, 0.15) is 37.8 Å². The number of nitrogens with one attached hydrogen (secondary N) is 1. The SMILES string of the molecule is CC(NC1CCCC1C#N)c1cc(O)ccc1O. The van der Waals surface area contributed by atoms with Gasteiger partial charge >= 0.3 is 0 Å². The van der Waals surface area contributed by atoms with Crippen LogP contribution >= 0.6 is 0 Å². The fourth-order valence-corrected chi connectivity index (χ4v) is 2.61. The van der Waals surface area contributed by atoms with Gasteiger partial charge in [-0.2, -0.15) is 5.26 Å². The third-order valence-electron chi connectivity index (χ3n) is 3.62. The molecular weight excluding hydrogens is 228 g/mol. The minimum atomic E-state index is -0.0870. The van der Waals surface area contributed by atoms with Gasteiger partial charge in [-0.15, -0.1) is 0 Å². The lowest BCUT2D eigenvalue weighted by Crippen LogP contribution is -2.33. The molecule has 2 rings (SSSR count). The molecule has 0 bridgehead atoms. The fraction of sp³-hybridized carbons (Fsp3) is 0.500. The fourth-order valence-electron chi connectivity index (χ4n) is 2.61. The van der Waals surface area contributed by atoms with E-state index in [1.165, 1.54) is 12.1 Å². The van der Waals surface area contributed by atoms with Crippen molar-refractivity contribution in [3.63, 3.8) is 0 Å². The maximum atomic E-state index is 9.79. The third-order valence-corrected chi connectivity index (χ3v) is 3.62. The van der Waals surface area contributed by atoms with Crippen LogP contribution in [0.15, 0.2) is 18.2 Å². The minimum absolute atomic E-state index is 0.0481. The van der Waals surface area contributed by atoms with E-state index in [0.717, 1.165) is 19.3 Å². The molecule has 1 saturated carbocycles. The van der Waals surface area contributed by atoms with Crippen LogP contribution in [-0.4, -0.2) is 16.3 Å². The van der Waals surface area contributed by atoms with E-state index in [9.17, 15) is 10.2 Å². The number of aromatic hydroxyl groups is 2. The van der Waals surface area contributed by atoms with Crippen LogP contribution < -0.4 is 5.32 Å². The third kappa shape index (κ3) is 2.57. The molecule has 0 heterocycles. The Morgan fingerprint density at radius 1 is 1.39 bits per heavy atom. The average Bonchev–Trinajstić information content (AvgIpc) is 2.79. The number of hydrogen-bond acceptors (Lipinski definition) is 4. The second-order valence-corrected chi connectivity index (χ2v) is 4.90. The molecule has 1 aromatic rings. The Bertz CT molecular complexity index is 467. The summed E-state index contributed by atoms with van der Waals surface area (Å²) in [6.45, 7) is 1.93. The van der Waals surface area contributed by atoms with Gasteiger partial charge < -0.3 is 15.5 Å². The molecule has 1 aromatic carbocycles. The minimum Gasteiger partial charge on any atom is -0.508 e. The smallest absolute Gasteiger partial charge is 0.120 e. The molecule has 1 aliphatic carbocycles. The maximum Gasteiger partial charge on any atom is 0.120 e. The largest absolute Gasteiger partial charge is 0.508 e. The van der Waals surface area contributed by atoms with Gasteiger partial charge in [0.2, 0.25) is 0 Å². The van der Waals surface area contributed by atoms with Gasteiger partial charge in [-0.25, -0.2) is 0 Å². The zero-order valence-corrected chi connectivity index (χ0v) is 10.4. The van der Waals surface area contributed by atoms with Crippen molar-refractivity contribution in [1.29, 1.82) is 5.26 Å². The highest BCUT2D eigenvalue weighted by Gasteiger charge is 2.28. The summed E-state index contributed by atoms with van der Waals surface area (Å²) in [5, 5.41) is 31.7. The standard InChI is InChI=1S/C14H18N2O2/c1-9(12-7-11(17)5-6-14(12)18)16-13-4-2-3-10(13)8-15/h5-7,9-10,13,16-18H,2-4H2,1H3. The van der Waals surface area contributed by atoms with Crippen molar-refractivity contribution in [3.8, 4) is 17.6 Å². The molecule has 1 fully saturated rings. The molecule has 3 unspecified atom stereocenters. The van der Waals surface area contributed by atoms with Crippen molar-refractivity contribution in [3.05, 3.63) is 23.8 Å². The van der Waals surface area contributed by atoms with Crippen LogP contribution in [-0.2, 0) is 0 Å². The molecule has 0 aliphatic heterocycles. The number of nitriles is 1. The zero-order valence-electron chi connectivity index (χ0n) is 10.4. The molecule has 3 N–H and O–H groups in total. The molecule has 0 spiro atoms. The number of phenols is 2. The van der Waals surface area contributed by atoms with E-state index in [1.54, 1.807) is 6.07 Å². The van der Waals surface area contributed by atoms with Crippen molar-refractivity contribution in [2.24, 2.45) is 5.92 Å². The zero-order chi connectivity index (χ0) is 13.1. The predicted molar refractivity (Wildman–Crippen MR) is 68.1 cm³/mol. The van der Waals surface area contributed by atoms with Gasteiger partial charge in [-0.3, -0.25) is 0 Å². The quantitative estimate of drug-likeness (QED) is 0.716. The van der Waals surface area contributed by atoms with Gasteiger partial charge in [-0.1, -0.05) is 6.42 Å². The van der Waals surface area contributed by atoms with E-state index in [2.05, 4.69) is 11.4 Å². The van der Waals surface area contributed by atoms with Crippen LogP contribution in [0.3, 0.4) is 0 Å². The van der Waals surface area contributed by atoms with E-state index in [0.29, 0.717) is 5.56 Å². The number of nitrogens with zero attached hydrogens (tertiary/aromatic N) is 1. The summed E-state index contributed by atoms with van der Waals surface area (Å²) < 4.78 is 0. The summed E-state index contributed by atoms with van der Waals surface area (Å²) in [6, 6.07) is 6.91. The summed E-state index contributed by atoms with van der Waals surface area (Å²) in [7, 11) is 0. The lowest BCUT2D eigenvalue weighted by atomic mass is 10.0. The Balaban J connectivity index is 2.10. The first-order valence-electron chi connectivity index (χ1n) is 6.29. The first-order valence-corrected chi connectivity index (χ1v) is 6.29. The lowest BCUT2D eigenvalue weighted by molar-refractivity contribution is 0.397. The van der Waals surface area contributed by atoms with Gasteiger partial charge in [0.15, 0.2) is 0 Å². The molecule has 0 aromatic heterocycles. The van der Waals surface area contributed by atoms with Gasteiger partial charge in [0.1, 0.15) is 11.5 Å². The average molecular weight is 246 g/mol. The molecule has 1 aliphatic rings. The molecule has 0 radical (unpaired) electrons. The molecule has 0 amide bonds. The second kappa shape index (κ2) is 5.28. The summed E-state index contributed by atoms with van der Waals surface area (Å²) in [4.78, 5) is 0. The van der Waals surface area contributed by atoms with Gasteiger partial charge in [0.25, 0.3) is 0 Å². The molecular formula is C14H18N2O2. The molecule has 96 valence electrons. The highest BCUT2D eigenvalue weighted by molar-refractivity contribution is 5.40. The van der Waals surface area contributed by atoms with Crippen LogP contribution in [0.25, 0.3) is 0 Å². The Morgan fingerprint density at radius 3 is 2.89 bits per heavy atom. The van der Waals surface area contributed by atoms with Crippen molar-refractivity contribution >= 4 is 0 Å². The normalized spacial score (nSPS) is 24.7. The van der Waals surface area contributed by atoms with E-state index >= 15 is 0 Å². The van der Waals surface area contributed by atoms with E-state index in [1.807, 2.05) is 6.92 Å². The van der Waals surface area contributed by atoms with E-state index < -0.39 is 0 Å². The Morgan fingerprint density at radius 2 is 2.17 bits per heavy atom. The monoisotopic (exact) mass is 246 g/mol. The summed E-state index contributed by atoms with van der Waals surface area (Å²) in [5.74, 6) is 0.353. The summed E-state index contributed by atoms with van der Waals surface area (Å²) >= 11 is 0. The Labute approximate surface area is 107 Å². The summed E-state index contributed by atoms with van der Waals surface area (Å²) in [6.07, 6.45) is 2.99. The van der Waals surface area contributed by atoms with Crippen LogP contribution in [0, 0.1) is 17.2 Å². The second-order valence-electron chi connectivity index (χ2n) is 4.90. The van der Waals surface area contributed by atoms with Crippen molar-refractivity contribution in [2.45, 2.75) is 38.3 Å². The van der Waals surface area contributed by atoms with Crippen molar-refractivity contribution in [1.82, 2.24) is 5.32 Å². The van der Waals surface area contributed by atoms with E-state index in [-0.39, 0.29) is 29.5 Å².